The van der Waals surface area contributed by atoms with E-state index in [1.54, 1.807) is 28.0 Å². The summed E-state index contributed by atoms with van der Waals surface area (Å²) < 4.78 is 13.9. The van der Waals surface area contributed by atoms with Crippen molar-refractivity contribution in [2.75, 3.05) is 40.3 Å². The molecule has 0 atom stereocenters. The minimum Gasteiger partial charge on any atom is -0.339 e. The normalized spacial score (nSPS) is 14.5. The lowest BCUT2D eigenvalue weighted by atomic mass is 10.1. The molecule has 1 saturated heterocycles. The number of nitrogens with zero attached hydrogens (tertiary/aromatic N) is 3. The zero-order valence-corrected chi connectivity index (χ0v) is 14.5. The third-order valence-electron chi connectivity index (χ3n) is 4.08. The molecule has 1 heterocycles. The SMILES string of the molecule is CC(=O)N1CC(NC(=O)N(CCN(C)C)Cc2ccccc2F)C1. The van der Waals surface area contributed by atoms with Crippen molar-refractivity contribution in [1.82, 2.24) is 20.0 Å². The minimum absolute atomic E-state index is 0.0105. The van der Waals surface area contributed by atoms with E-state index < -0.39 is 0 Å². The largest absolute Gasteiger partial charge is 0.339 e. The van der Waals surface area contributed by atoms with Crippen molar-refractivity contribution in [1.29, 1.82) is 0 Å². The van der Waals surface area contributed by atoms with E-state index in [9.17, 15) is 14.0 Å². The Hall–Kier alpha value is -2.15. The maximum absolute atomic E-state index is 13.9. The van der Waals surface area contributed by atoms with Crippen LogP contribution in [-0.2, 0) is 11.3 Å². The fourth-order valence-electron chi connectivity index (χ4n) is 2.50. The van der Waals surface area contributed by atoms with E-state index in [-0.39, 0.29) is 30.3 Å². The maximum atomic E-state index is 13.9. The van der Waals surface area contributed by atoms with E-state index >= 15 is 0 Å². The minimum atomic E-state index is -0.313. The van der Waals surface area contributed by atoms with E-state index in [0.717, 1.165) is 0 Å². The Morgan fingerprint density at radius 1 is 1.25 bits per heavy atom. The highest BCUT2D eigenvalue weighted by Crippen LogP contribution is 2.12. The molecule has 1 aliphatic rings. The lowest BCUT2D eigenvalue weighted by Crippen LogP contribution is -2.62. The number of amides is 3. The molecule has 0 spiro atoms. The van der Waals surface area contributed by atoms with Gasteiger partial charge in [-0.3, -0.25) is 4.79 Å². The second-order valence-corrected chi connectivity index (χ2v) is 6.39. The molecule has 1 N–H and O–H groups in total. The molecule has 7 heteroatoms. The van der Waals surface area contributed by atoms with Crippen LogP contribution in [0.1, 0.15) is 12.5 Å². The van der Waals surface area contributed by atoms with Gasteiger partial charge in [-0.15, -0.1) is 0 Å². The first kappa shape index (κ1) is 18.2. The van der Waals surface area contributed by atoms with Gasteiger partial charge in [-0.1, -0.05) is 18.2 Å². The standard InChI is InChI=1S/C17H25FN4O2/c1-13(23)22-11-15(12-22)19-17(24)21(9-8-20(2)3)10-14-6-4-5-7-16(14)18/h4-7,15H,8-12H2,1-3H3,(H,19,24). The molecule has 24 heavy (non-hydrogen) atoms. The molecule has 1 fully saturated rings. The Bertz CT molecular complexity index is 588. The monoisotopic (exact) mass is 336 g/mol. The van der Waals surface area contributed by atoms with E-state index in [4.69, 9.17) is 0 Å². The first-order valence-electron chi connectivity index (χ1n) is 8.06. The smallest absolute Gasteiger partial charge is 0.318 e. The number of carbonyl (C=O) groups excluding carboxylic acids is 2. The van der Waals surface area contributed by atoms with Gasteiger partial charge in [-0.2, -0.15) is 0 Å². The van der Waals surface area contributed by atoms with Gasteiger partial charge < -0.3 is 20.0 Å². The van der Waals surface area contributed by atoms with Crippen LogP contribution in [-0.4, -0.2) is 73.0 Å². The molecular weight excluding hydrogens is 311 g/mol. The highest BCUT2D eigenvalue weighted by Gasteiger charge is 2.31. The molecule has 0 unspecified atom stereocenters. The van der Waals surface area contributed by atoms with Crippen LogP contribution in [0, 0.1) is 5.82 Å². The highest BCUT2D eigenvalue weighted by atomic mass is 19.1. The van der Waals surface area contributed by atoms with Gasteiger partial charge >= 0.3 is 6.03 Å². The number of benzene rings is 1. The number of halogens is 1. The fourth-order valence-corrected chi connectivity index (χ4v) is 2.50. The first-order valence-corrected chi connectivity index (χ1v) is 8.06. The number of hydrogen-bond acceptors (Lipinski definition) is 3. The van der Waals surface area contributed by atoms with Crippen LogP contribution in [0.15, 0.2) is 24.3 Å². The van der Waals surface area contributed by atoms with E-state index in [1.807, 2.05) is 19.0 Å². The summed E-state index contributed by atoms with van der Waals surface area (Å²) in [7, 11) is 3.85. The van der Waals surface area contributed by atoms with Crippen molar-refractivity contribution in [3.8, 4) is 0 Å². The molecule has 0 saturated carbocycles. The van der Waals surface area contributed by atoms with Crippen molar-refractivity contribution in [3.63, 3.8) is 0 Å². The molecule has 1 aliphatic heterocycles. The topological polar surface area (TPSA) is 55.9 Å². The van der Waals surface area contributed by atoms with Crippen LogP contribution in [0.3, 0.4) is 0 Å². The molecule has 1 aromatic rings. The molecule has 1 aromatic carbocycles. The van der Waals surface area contributed by atoms with Gasteiger partial charge in [0, 0.05) is 38.7 Å². The van der Waals surface area contributed by atoms with E-state index in [2.05, 4.69) is 5.32 Å². The third-order valence-corrected chi connectivity index (χ3v) is 4.08. The zero-order chi connectivity index (χ0) is 17.7. The number of nitrogens with one attached hydrogen (secondary N) is 1. The van der Waals surface area contributed by atoms with Crippen LogP contribution < -0.4 is 5.32 Å². The quantitative estimate of drug-likeness (QED) is 0.847. The Kier molecular flexibility index (Phi) is 6.14. The van der Waals surface area contributed by atoms with Crippen molar-refractivity contribution >= 4 is 11.9 Å². The summed E-state index contributed by atoms with van der Waals surface area (Å²) in [6, 6.07) is 6.21. The average molecular weight is 336 g/mol. The number of rotatable bonds is 6. The molecule has 0 radical (unpaired) electrons. The third kappa shape index (κ3) is 4.92. The number of hydrogen-bond donors (Lipinski definition) is 1. The summed E-state index contributed by atoms with van der Waals surface area (Å²) in [5, 5.41) is 2.92. The summed E-state index contributed by atoms with van der Waals surface area (Å²) in [4.78, 5) is 29.0. The average Bonchev–Trinajstić information content (AvgIpc) is 2.47. The lowest BCUT2D eigenvalue weighted by molar-refractivity contribution is -0.133. The Labute approximate surface area is 142 Å². The number of likely N-dealkylation sites (tertiary alicyclic amines) is 1. The summed E-state index contributed by atoms with van der Waals surface area (Å²) >= 11 is 0. The predicted octanol–water partition coefficient (Wildman–Crippen LogP) is 1.13. The van der Waals surface area contributed by atoms with Gasteiger partial charge in [-0.05, 0) is 20.2 Å². The van der Waals surface area contributed by atoms with Crippen molar-refractivity contribution in [2.45, 2.75) is 19.5 Å². The second kappa shape index (κ2) is 8.10. The molecular formula is C17H25FN4O2. The Morgan fingerprint density at radius 3 is 2.50 bits per heavy atom. The van der Waals surface area contributed by atoms with E-state index in [0.29, 0.717) is 31.7 Å². The summed E-state index contributed by atoms with van der Waals surface area (Å²) in [5.41, 5.74) is 0.491. The molecule has 0 aromatic heterocycles. The summed E-state index contributed by atoms with van der Waals surface area (Å²) in [6.45, 7) is 3.97. The molecule has 132 valence electrons. The summed E-state index contributed by atoms with van der Waals surface area (Å²) in [5.74, 6) is -0.303. The Morgan fingerprint density at radius 2 is 1.92 bits per heavy atom. The number of likely N-dealkylation sites (N-methyl/N-ethyl adjacent to an activating group) is 1. The second-order valence-electron chi connectivity index (χ2n) is 6.39. The molecule has 0 aliphatic carbocycles. The highest BCUT2D eigenvalue weighted by molar-refractivity contribution is 5.77. The molecule has 2 rings (SSSR count). The summed E-state index contributed by atoms with van der Waals surface area (Å²) in [6.07, 6.45) is 0. The van der Waals surface area contributed by atoms with Gasteiger partial charge in [0.25, 0.3) is 0 Å². The van der Waals surface area contributed by atoms with Crippen molar-refractivity contribution < 1.29 is 14.0 Å². The van der Waals surface area contributed by atoms with Crippen LogP contribution in [0.2, 0.25) is 0 Å². The Balaban J connectivity index is 1.96. The number of carbonyl (C=O) groups is 2. The van der Waals surface area contributed by atoms with Crippen LogP contribution in [0.5, 0.6) is 0 Å². The van der Waals surface area contributed by atoms with E-state index in [1.165, 1.54) is 13.0 Å². The molecule has 6 nitrogen and oxygen atoms in total. The van der Waals surface area contributed by atoms with Gasteiger partial charge in [0.05, 0.1) is 12.6 Å². The van der Waals surface area contributed by atoms with Crippen LogP contribution in [0.4, 0.5) is 9.18 Å². The molecule has 0 bridgehead atoms. The maximum Gasteiger partial charge on any atom is 0.318 e. The molecule has 3 amide bonds. The zero-order valence-electron chi connectivity index (χ0n) is 14.5. The van der Waals surface area contributed by atoms with Gasteiger partial charge in [0.1, 0.15) is 5.82 Å². The van der Waals surface area contributed by atoms with Crippen LogP contribution >= 0.6 is 0 Å². The van der Waals surface area contributed by atoms with Gasteiger partial charge in [0.2, 0.25) is 5.91 Å². The number of urea groups is 1. The van der Waals surface area contributed by atoms with Gasteiger partial charge in [0.15, 0.2) is 0 Å². The van der Waals surface area contributed by atoms with Crippen molar-refractivity contribution in [3.05, 3.63) is 35.6 Å². The lowest BCUT2D eigenvalue weighted by Gasteiger charge is -2.40. The van der Waals surface area contributed by atoms with Crippen LogP contribution in [0.25, 0.3) is 0 Å². The predicted molar refractivity (Wildman–Crippen MR) is 89.9 cm³/mol. The first-order chi connectivity index (χ1) is 11.4. The fraction of sp³-hybridized carbons (Fsp3) is 0.529. The van der Waals surface area contributed by atoms with Gasteiger partial charge in [-0.25, -0.2) is 9.18 Å². The van der Waals surface area contributed by atoms with Crippen molar-refractivity contribution in [2.24, 2.45) is 0 Å².